The molecule has 0 spiro atoms. The summed E-state index contributed by atoms with van der Waals surface area (Å²) in [6.07, 6.45) is 0. The summed E-state index contributed by atoms with van der Waals surface area (Å²) >= 11 is 5.96. The van der Waals surface area contributed by atoms with Gasteiger partial charge in [-0.15, -0.1) is 12.4 Å². The molecule has 1 saturated heterocycles. The molecular formula is C13H18Cl2N2O. The zero-order valence-corrected chi connectivity index (χ0v) is 12.1. The number of benzene rings is 1. The summed E-state index contributed by atoms with van der Waals surface area (Å²) in [6, 6.07) is 5.69. The van der Waals surface area contributed by atoms with Gasteiger partial charge in [-0.05, 0) is 37.6 Å². The van der Waals surface area contributed by atoms with Crippen LogP contribution in [0, 0.1) is 6.92 Å². The van der Waals surface area contributed by atoms with E-state index >= 15 is 0 Å². The summed E-state index contributed by atoms with van der Waals surface area (Å²) in [7, 11) is 0. The Kier molecular flexibility index (Phi) is 5.45. The Morgan fingerprint density at radius 2 is 2.22 bits per heavy atom. The molecule has 1 unspecified atom stereocenters. The molecule has 1 N–H and O–H groups in total. The summed E-state index contributed by atoms with van der Waals surface area (Å²) < 4.78 is 0. The molecule has 18 heavy (non-hydrogen) atoms. The molecule has 1 fully saturated rings. The Morgan fingerprint density at radius 3 is 2.83 bits per heavy atom. The summed E-state index contributed by atoms with van der Waals surface area (Å²) in [4.78, 5) is 14.2. The van der Waals surface area contributed by atoms with Crippen LogP contribution >= 0.6 is 24.0 Å². The first-order valence-electron chi connectivity index (χ1n) is 5.87. The summed E-state index contributed by atoms with van der Waals surface area (Å²) in [5.41, 5.74) is 1.67. The molecule has 1 aromatic rings. The van der Waals surface area contributed by atoms with E-state index in [-0.39, 0.29) is 24.4 Å². The van der Waals surface area contributed by atoms with Gasteiger partial charge in [0, 0.05) is 36.3 Å². The Hall–Kier alpha value is -0.770. The predicted molar refractivity (Wildman–Crippen MR) is 76.8 cm³/mol. The number of aryl methyl sites for hydroxylation is 1. The van der Waals surface area contributed by atoms with Crippen LogP contribution in [-0.2, 0) is 0 Å². The molecule has 2 rings (SSSR count). The summed E-state index contributed by atoms with van der Waals surface area (Å²) in [6.45, 7) is 6.47. The normalized spacial score (nSPS) is 19.3. The van der Waals surface area contributed by atoms with E-state index in [0.29, 0.717) is 5.02 Å². The zero-order chi connectivity index (χ0) is 12.4. The predicted octanol–water partition coefficient (Wildman–Crippen LogP) is 2.50. The highest BCUT2D eigenvalue weighted by Gasteiger charge is 2.24. The van der Waals surface area contributed by atoms with Gasteiger partial charge >= 0.3 is 0 Å². The van der Waals surface area contributed by atoms with E-state index < -0.39 is 0 Å². The molecule has 1 atom stereocenters. The van der Waals surface area contributed by atoms with Crippen LogP contribution in [0.3, 0.4) is 0 Å². The van der Waals surface area contributed by atoms with E-state index in [1.807, 2.05) is 17.9 Å². The lowest BCUT2D eigenvalue weighted by Crippen LogP contribution is -2.52. The minimum Gasteiger partial charge on any atom is -0.333 e. The van der Waals surface area contributed by atoms with Crippen molar-refractivity contribution >= 4 is 29.9 Å². The van der Waals surface area contributed by atoms with Gasteiger partial charge in [-0.25, -0.2) is 0 Å². The average molecular weight is 289 g/mol. The van der Waals surface area contributed by atoms with Crippen LogP contribution in [0.1, 0.15) is 22.8 Å². The first kappa shape index (κ1) is 15.3. The average Bonchev–Trinajstić information content (AvgIpc) is 2.32. The highest BCUT2D eigenvalue weighted by molar-refractivity contribution is 6.31. The van der Waals surface area contributed by atoms with Crippen LogP contribution in [0.5, 0.6) is 0 Å². The Labute approximate surface area is 119 Å². The second-order valence-corrected chi connectivity index (χ2v) is 4.92. The SMILES string of the molecule is Cc1cc(C(=O)N2CCNCC2C)ccc1Cl.Cl. The lowest BCUT2D eigenvalue weighted by molar-refractivity contribution is 0.0655. The molecule has 1 heterocycles. The fourth-order valence-electron chi connectivity index (χ4n) is 2.09. The number of rotatable bonds is 1. The number of hydrogen-bond acceptors (Lipinski definition) is 2. The Bertz CT molecular complexity index is 437. The molecule has 0 aromatic heterocycles. The molecule has 0 bridgehead atoms. The van der Waals surface area contributed by atoms with Crippen molar-refractivity contribution in [2.45, 2.75) is 19.9 Å². The standard InChI is InChI=1S/C13H17ClN2O.ClH/c1-9-7-11(3-4-12(9)14)13(17)16-6-5-15-8-10(16)2;/h3-4,7,10,15H,5-6,8H2,1-2H3;1H. The largest absolute Gasteiger partial charge is 0.333 e. The van der Waals surface area contributed by atoms with E-state index in [1.165, 1.54) is 0 Å². The molecule has 0 saturated carbocycles. The number of halogens is 2. The van der Waals surface area contributed by atoms with Gasteiger partial charge in [0.25, 0.3) is 5.91 Å². The quantitative estimate of drug-likeness (QED) is 0.861. The first-order valence-corrected chi connectivity index (χ1v) is 6.25. The number of piperazine rings is 1. The maximum atomic E-state index is 12.3. The number of nitrogens with zero attached hydrogens (tertiary/aromatic N) is 1. The molecular weight excluding hydrogens is 271 g/mol. The van der Waals surface area contributed by atoms with Crippen molar-refractivity contribution in [1.82, 2.24) is 10.2 Å². The number of carbonyl (C=O) groups is 1. The van der Waals surface area contributed by atoms with Gasteiger partial charge in [0.15, 0.2) is 0 Å². The zero-order valence-electron chi connectivity index (χ0n) is 10.6. The number of amides is 1. The van der Waals surface area contributed by atoms with Crippen molar-refractivity contribution in [2.75, 3.05) is 19.6 Å². The van der Waals surface area contributed by atoms with Gasteiger partial charge in [-0.1, -0.05) is 11.6 Å². The number of nitrogens with one attached hydrogen (secondary N) is 1. The molecule has 0 radical (unpaired) electrons. The van der Waals surface area contributed by atoms with E-state index in [0.717, 1.165) is 30.8 Å². The van der Waals surface area contributed by atoms with Crippen molar-refractivity contribution in [3.8, 4) is 0 Å². The second-order valence-electron chi connectivity index (χ2n) is 4.52. The molecule has 100 valence electrons. The van der Waals surface area contributed by atoms with E-state index in [4.69, 9.17) is 11.6 Å². The van der Waals surface area contributed by atoms with Crippen molar-refractivity contribution < 1.29 is 4.79 Å². The highest BCUT2D eigenvalue weighted by Crippen LogP contribution is 2.18. The molecule has 1 aromatic carbocycles. The van der Waals surface area contributed by atoms with Gasteiger partial charge in [0.1, 0.15) is 0 Å². The topological polar surface area (TPSA) is 32.3 Å². The van der Waals surface area contributed by atoms with Crippen molar-refractivity contribution in [2.24, 2.45) is 0 Å². The van der Waals surface area contributed by atoms with Crippen LogP contribution < -0.4 is 5.32 Å². The Balaban J connectivity index is 0.00000162. The summed E-state index contributed by atoms with van der Waals surface area (Å²) in [5.74, 6) is 0.0961. The third kappa shape index (κ3) is 3.16. The highest BCUT2D eigenvalue weighted by atomic mass is 35.5. The van der Waals surface area contributed by atoms with Gasteiger partial charge in [-0.3, -0.25) is 4.79 Å². The minimum absolute atomic E-state index is 0. The number of carbonyl (C=O) groups excluding carboxylic acids is 1. The van der Waals surface area contributed by atoms with Crippen LogP contribution in [-0.4, -0.2) is 36.5 Å². The van der Waals surface area contributed by atoms with Gasteiger partial charge in [-0.2, -0.15) is 0 Å². The Morgan fingerprint density at radius 1 is 1.50 bits per heavy atom. The minimum atomic E-state index is 0. The smallest absolute Gasteiger partial charge is 0.254 e. The fraction of sp³-hybridized carbons (Fsp3) is 0.462. The third-order valence-electron chi connectivity index (χ3n) is 3.17. The third-order valence-corrected chi connectivity index (χ3v) is 3.59. The maximum Gasteiger partial charge on any atom is 0.254 e. The van der Waals surface area contributed by atoms with E-state index in [1.54, 1.807) is 12.1 Å². The van der Waals surface area contributed by atoms with Crippen molar-refractivity contribution in [3.05, 3.63) is 34.3 Å². The van der Waals surface area contributed by atoms with E-state index in [2.05, 4.69) is 12.2 Å². The maximum absolute atomic E-state index is 12.3. The molecule has 0 aliphatic carbocycles. The van der Waals surface area contributed by atoms with Crippen molar-refractivity contribution in [1.29, 1.82) is 0 Å². The summed E-state index contributed by atoms with van der Waals surface area (Å²) in [5, 5.41) is 3.98. The molecule has 3 nitrogen and oxygen atoms in total. The second kappa shape index (κ2) is 6.41. The lowest BCUT2D eigenvalue weighted by Gasteiger charge is -2.34. The molecule has 1 aliphatic rings. The van der Waals surface area contributed by atoms with E-state index in [9.17, 15) is 4.79 Å². The molecule has 5 heteroatoms. The van der Waals surface area contributed by atoms with Crippen molar-refractivity contribution in [3.63, 3.8) is 0 Å². The first-order chi connectivity index (χ1) is 8.09. The van der Waals surface area contributed by atoms with Gasteiger partial charge < -0.3 is 10.2 Å². The van der Waals surface area contributed by atoms with Crippen LogP contribution in [0.4, 0.5) is 0 Å². The molecule has 1 amide bonds. The lowest BCUT2D eigenvalue weighted by atomic mass is 10.1. The van der Waals surface area contributed by atoms with Crippen LogP contribution in [0.2, 0.25) is 5.02 Å². The van der Waals surface area contributed by atoms with Crippen LogP contribution in [0.25, 0.3) is 0 Å². The monoisotopic (exact) mass is 288 g/mol. The molecule has 1 aliphatic heterocycles. The van der Waals surface area contributed by atoms with Crippen LogP contribution in [0.15, 0.2) is 18.2 Å². The fourth-order valence-corrected chi connectivity index (χ4v) is 2.20. The van der Waals surface area contributed by atoms with Gasteiger partial charge in [0.05, 0.1) is 0 Å². The van der Waals surface area contributed by atoms with Gasteiger partial charge in [0.2, 0.25) is 0 Å². The number of hydrogen-bond donors (Lipinski definition) is 1.